The lowest BCUT2D eigenvalue weighted by Gasteiger charge is -2.51. The molecule has 0 amide bonds. The molecule has 3 heteroatoms. The van der Waals surface area contributed by atoms with E-state index in [1.54, 1.807) is 0 Å². The van der Waals surface area contributed by atoms with Gasteiger partial charge in [0.05, 0.1) is 18.8 Å². The van der Waals surface area contributed by atoms with Gasteiger partial charge >= 0.3 is 0 Å². The average molecular weight is 304 g/mol. The number of benzene rings is 1. The highest BCUT2D eigenvalue weighted by Gasteiger charge is 2.50. The van der Waals surface area contributed by atoms with Crippen LogP contribution in [0, 0.1) is 18.3 Å². The van der Waals surface area contributed by atoms with Crippen LogP contribution in [0.3, 0.4) is 0 Å². The van der Waals surface area contributed by atoms with Gasteiger partial charge in [-0.2, -0.15) is 0 Å². The first-order valence-electron chi connectivity index (χ1n) is 8.43. The smallest absolute Gasteiger partial charge is 0.184 e. The summed E-state index contributed by atoms with van der Waals surface area (Å²) in [6.07, 6.45) is 3.08. The molecule has 1 N–H and O–H groups in total. The van der Waals surface area contributed by atoms with Crippen LogP contribution in [-0.4, -0.2) is 18.3 Å². The van der Waals surface area contributed by atoms with Crippen LogP contribution in [0.1, 0.15) is 63.0 Å². The van der Waals surface area contributed by atoms with Crippen molar-refractivity contribution in [2.75, 3.05) is 13.2 Å². The molecule has 1 aliphatic heterocycles. The minimum atomic E-state index is -0.772. The quantitative estimate of drug-likeness (QED) is 0.895. The molecule has 3 nitrogen and oxygen atoms in total. The largest absolute Gasteiger partial charge is 0.384 e. The van der Waals surface area contributed by atoms with Crippen molar-refractivity contribution in [3.05, 3.63) is 34.9 Å². The summed E-state index contributed by atoms with van der Waals surface area (Å²) in [4.78, 5) is 0. The number of aryl methyl sites for hydroxylation is 1. The van der Waals surface area contributed by atoms with Crippen molar-refractivity contribution in [3.63, 3.8) is 0 Å². The third-order valence-corrected chi connectivity index (χ3v) is 5.77. The first-order chi connectivity index (χ1) is 10.4. The van der Waals surface area contributed by atoms with Crippen LogP contribution in [0.2, 0.25) is 0 Å². The van der Waals surface area contributed by atoms with Gasteiger partial charge in [0.15, 0.2) is 6.29 Å². The van der Waals surface area contributed by atoms with Gasteiger partial charge in [0.25, 0.3) is 0 Å². The Hall–Kier alpha value is -0.900. The average Bonchev–Trinajstić information content (AvgIpc) is 2.98. The highest BCUT2D eigenvalue weighted by molar-refractivity contribution is 5.37. The second-order valence-corrected chi connectivity index (χ2v) is 7.59. The van der Waals surface area contributed by atoms with Gasteiger partial charge in [0.1, 0.15) is 0 Å². The number of ether oxygens (including phenoxy) is 2. The normalized spacial score (nSPS) is 32.3. The highest BCUT2D eigenvalue weighted by Crippen LogP contribution is 2.53. The summed E-state index contributed by atoms with van der Waals surface area (Å²) in [7, 11) is 0. The zero-order chi connectivity index (χ0) is 16.0. The lowest BCUT2D eigenvalue weighted by molar-refractivity contribution is -0.141. The Bertz CT molecular complexity index is 546. The molecule has 1 saturated heterocycles. The Labute approximate surface area is 133 Å². The lowest BCUT2D eigenvalue weighted by atomic mass is 9.58. The zero-order valence-electron chi connectivity index (χ0n) is 14.2. The van der Waals surface area contributed by atoms with Crippen LogP contribution in [0.4, 0.5) is 0 Å². The predicted molar refractivity (Wildman–Crippen MR) is 86.5 cm³/mol. The summed E-state index contributed by atoms with van der Waals surface area (Å²) in [5.74, 6) is 0.264. The van der Waals surface area contributed by atoms with E-state index < -0.39 is 5.60 Å². The van der Waals surface area contributed by atoms with Crippen LogP contribution in [0.15, 0.2) is 18.2 Å². The van der Waals surface area contributed by atoms with Crippen LogP contribution in [-0.2, 0) is 15.1 Å². The molecule has 2 aliphatic rings. The minimum Gasteiger partial charge on any atom is -0.384 e. The van der Waals surface area contributed by atoms with E-state index in [0.717, 1.165) is 29.5 Å². The molecule has 0 unspecified atom stereocenters. The predicted octanol–water partition coefficient (Wildman–Crippen LogP) is 4.07. The molecule has 0 bridgehead atoms. The second kappa shape index (κ2) is 5.63. The molecule has 1 aromatic rings. The van der Waals surface area contributed by atoms with E-state index in [-0.39, 0.29) is 17.6 Å². The summed E-state index contributed by atoms with van der Waals surface area (Å²) < 4.78 is 11.2. The van der Waals surface area contributed by atoms with Crippen molar-refractivity contribution >= 4 is 0 Å². The first-order valence-corrected chi connectivity index (χ1v) is 8.43. The fourth-order valence-electron chi connectivity index (χ4n) is 4.31. The number of hydrogen-bond donors (Lipinski definition) is 1. The third kappa shape index (κ3) is 2.40. The molecule has 122 valence electrons. The summed E-state index contributed by atoms with van der Waals surface area (Å²) in [6, 6.07) is 6.26. The standard InChI is InChI=1S/C19H28O3/c1-13-12-15(7-8-16(13)17-21-10-11-22-17)19(20)14(2)6-5-9-18(19,3)4/h7-8,12,14,17,20H,5-6,9-11H2,1-4H3/t14-,19+/m1/s1. The molecule has 0 aromatic heterocycles. The molecular weight excluding hydrogens is 276 g/mol. The molecule has 1 saturated carbocycles. The molecule has 2 atom stereocenters. The van der Waals surface area contributed by atoms with Gasteiger partial charge in [-0.15, -0.1) is 0 Å². The number of aliphatic hydroxyl groups is 1. The van der Waals surface area contributed by atoms with E-state index in [1.807, 2.05) is 0 Å². The van der Waals surface area contributed by atoms with Crippen LogP contribution in [0.5, 0.6) is 0 Å². The van der Waals surface area contributed by atoms with Crippen molar-refractivity contribution in [1.82, 2.24) is 0 Å². The van der Waals surface area contributed by atoms with Gasteiger partial charge < -0.3 is 14.6 Å². The van der Waals surface area contributed by atoms with E-state index in [2.05, 4.69) is 45.9 Å². The zero-order valence-corrected chi connectivity index (χ0v) is 14.2. The summed E-state index contributed by atoms with van der Waals surface area (Å²) >= 11 is 0. The van der Waals surface area contributed by atoms with E-state index in [1.165, 1.54) is 6.42 Å². The molecule has 1 aromatic carbocycles. The highest BCUT2D eigenvalue weighted by atomic mass is 16.7. The molecule has 22 heavy (non-hydrogen) atoms. The Morgan fingerprint density at radius 3 is 2.45 bits per heavy atom. The molecule has 2 fully saturated rings. The number of hydrogen-bond acceptors (Lipinski definition) is 3. The molecule has 1 aliphatic carbocycles. The van der Waals surface area contributed by atoms with Crippen LogP contribution < -0.4 is 0 Å². The van der Waals surface area contributed by atoms with Gasteiger partial charge in [-0.25, -0.2) is 0 Å². The van der Waals surface area contributed by atoms with Crippen LogP contribution in [0.25, 0.3) is 0 Å². The van der Waals surface area contributed by atoms with Crippen molar-refractivity contribution in [3.8, 4) is 0 Å². The molecule has 0 spiro atoms. The monoisotopic (exact) mass is 304 g/mol. The summed E-state index contributed by atoms with van der Waals surface area (Å²) in [5, 5.41) is 11.6. The van der Waals surface area contributed by atoms with E-state index in [0.29, 0.717) is 13.2 Å². The Morgan fingerprint density at radius 1 is 1.18 bits per heavy atom. The molecule has 3 rings (SSSR count). The maximum Gasteiger partial charge on any atom is 0.184 e. The van der Waals surface area contributed by atoms with Crippen molar-refractivity contribution < 1.29 is 14.6 Å². The first kappa shape index (κ1) is 16.0. The van der Waals surface area contributed by atoms with Crippen molar-refractivity contribution in [1.29, 1.82) is 0 Å². The number of rotatable bonds is 2. The van der Waals surface area contributed by atoms with Gasteiger partial charge in [-0.1, -0.05) is 45.4 Å². The van der Waals surface area contributed by atoms with Crippen molar-refractivity contribution in [2.45, 2.75) is 58.8 Å². The third-order valence-electron chi connectivity index (χ3n) is 5.77. The molecular formula is C19H28O3. The van der Waals surface area contributed by atoms with Gasteiger partial charge in [-0.3, -0.25) is 0 Å². The second-order valence-electron chi connectivity index (χ2n) is 7.59. The Balaban J connectivity index is 1.98. The van der Waals surface area contributed by atoms with E-state index in [4.69, 9.17) is 9.47 Å². The lowest BCUT2D eigenvalue weighted by Crippen LogP contribution is -2.49. The topological polar surface area (TPSA) is 38.7 Å². The summed E-state index contributed by atoms with van der Waals surface area (Å²) in [6.45, 7) is 9.94. The fourth-order valence-corrected chi connectivity index (χ4v) is 4.31. The molecule has 1 heterocycles. The Kier molecular flexibility index (Phi) is 4.09. The maximum atomic E-state index is 11.6. The van der Waals surface area contributed by atoms with Crippen LogP contribution >= 0.6 is 0 Å². The summed E-state index contributed by atoms with van der Waals surface area (Å²) in [5.41, 5.74) is 2.35. The van der Waals surface area contributed by atoms with Crippen molar-refractivity contribution in [2.24, 2.45) is 11.3 Å². The van der Waals surface area contributed by atoms with E-state index >= 15 is 0 Å². The Morgan fingerprint density at radius 2 is 1.86 bits per heavy atom. The van der Waals surface area contributed by atoms with Gasteiger partial charge in [0.2, 0.25) is 0 Å². The molecule has 0 radical (unpaired) electrons. The fraction of sp³-hybridized carbons (Fsp3) is 0.684. The van der Waals surface area contributed by atoms with E-state index in [9.17, 15) is 5.11 Å². The van der Waals surface area contributed by atoms with Gasteiger partial charge in [-0.05, 0) is 42.2 Å². The van der Waals surface area contributed by atoms with Gasteiger partial charge in [0, 0.05) is 5.56 Å². The maximum absolute atomic E-state index is 11.6. The minimum absolute atomic E-state index is 0.112. The SMILES string of the molecule is Cc1cc([C@@]2(O)[C@H](C)CCCC2(C)C)ccc1C1OCCO1.